The van der Waals surface area contributed by atoms with E-state index in [-0.39, 0.29) is 17.9 Å². The molecule has 2 rings (SSSR count). The summed E-state index contributed by atoms with van der Waals surface area (Å²) in [5.74, 6) is 1.78. The van der Waals surface area contributed by atoms with Crippen LogP contribution in [0.3, 0.4) is 0 Å². The van der Waals surface area contributed by atoms with E-state index in [0.29, 0.717) is 30.1 Å². The molecular formula is C29H52N2O3S. The number of carbonyl (C=O) groups is 3. The van der Waals surface area contributed by atoms with Crippen molar-refractivity contribution in [1.29, 1.82) is 0 Å². The van der Waals surface area contributed by atoms with Crippen LogP contribution in [0, 0.1) is 5.92 Å². The molecule has 0 bridgehead atoms. The van der Waals surface area contributed by atoms with Gasteiger partial charge in [-0.25, -0.2) is 0 Å². The minimum Gasteiger partial charge on any atom is -0.352 e. The number of carbonyl (C=O) groups excluding carboxylic acids is 3. The largest absolute Gasteiger partial charge is 0.352 e. The summed E-state index contributed by atoms with van der Waals surface area (Å²) in [4.78, 5) is 35.2. The molecule has 0 aromatic carbocycles. The van der Waals surface area contributed by atoms with Crippen molar-refractivity contribution in [2.75, 3.05) is 5.75 Å². The summed E-state index contributed by atoms with van der Waals surface area (Å²) in [6, 6.07) is 0.00514. The van der Waals surface area contributed by atoms with Gasteiger partial charge in [0.1, 0.15) is 6.29 Å². The van der Waals surface area contributed by atoms with Crippen LogP contribution in [0.4, 0.5) is 0 Å². The zero-order valence-electron chi connectivity index (χ0n) is 22.4. The number of hydrogen-bond donors (Lipinski definition) is 2. The first-order valence-electron chi connectivity index (χ1n) is 14.8. The van der Waals surface area contributed by atoms with E-state index in [4.69, 9.17) is 0 Å². The summed E-state index contributed by atoms with van der Waals surface area (Å²) >= 11 is 1.97. The second-order valence-corrected chi connectivity index (χ2v) is 12.1. The Morgan fingerprint density at radius 2 is 1.54 bits per heavy atom. The van der Waals surface area contributed by atoms with Gasteiger partial charge in [-0.2, -0.15) is 11.8 Å². The summed E-state index contributed by atoms with van der Waals surface area (Å²) in [7, 11) is 0. The number of aldehydes is 1. The predicted octanol–water partition coefficient (Wildman–Crippen LogP) is 6.72. The summed E-state index contributed by atoms with van der Waals surface area (Å²) in [5.41, 5.74) is 0. The lowest BCUT2D eigenvalue weighted by Crippen LogP contribution is -2.36. The van der Waals surface area contributed by atoms with Gasteiger partial charge in [0.05, 0.1) is 6.04 Å². The first kappa shape index (κ1) is 30.2. The molecule has 0 aromatic heterocycles. The minimum absolute atomic E-state index is 0.00131. The molecule has 2 N–H and O–H groups in total. The molecule has 2 fully saturated rings. The smallest absolute Gasteiger partial charge is 0.220 e. The maximum atomic E-state index is 12.2. The number of fused-ring (bicyclic) bond motifs is 1. The molecular weight excluding hydrogens is 456 g/mol. The van der Waals surface area contributed by atoms with Gasteiger partial charge in [-0.1, -0.05) is 103 Å². The lowest BCUT2D eigenvalue weighted by atomic mass is 9.97. The fraction of sp³-hybridized carbons (Fsp3) is 0.897. The Morgan fingerprint density at radius 3 is 2.14 bits per heavy atom. The molecule has 0 aromatic rings. The van der Waals surface area contributed by atoms with Gasteiger partial charge in [-0.15, -0.1) is 0 Å². The highest BCUT2D eigenvalue weighted by Crippen LogP contribution is 2.39. The van der Waals surface area contributed by atoms with Crippen LogP contribution >= 0.6 is 11.8 Å². The average molecular weight is 509 g/mol. The molecule has 2 aliphatic rings. The topological polar surface area (TPSA) is 75.3 Å². The molecule has 2 saturated heterocycles. The summed E-state index contributed by atoms with van der Waals surface area (Å²) in [6.07, 6.45) is 24.2. The van der Waals surface area contributed by atoms with Crippen LogP contribution < -0.4 is 10.6 Å². The van der Waals surface area contributed by atoms with E-state index < -0.39 is 0 Å². The molecule has 0 aliphatic carbocycles. The van der Waals surface area contributed by atoms with Crippen LogP contribution in [0.15, 0.2) is 0 Å². The van der Waals surface area contributed by atoms with Gasteiger partial charge in [-0.05, 0) is 30.9 Å². The number of hydrogen-bond acceptors (Lipinski definition) is 4. The van der Waals surface area contributed by atoms with Gasteiger partial charge in [0.25, 0.3) is 0 Å². The van der Waals surface area contributed by atoms with Crippen LogP contribution in [0.5, 0.6) is 0 Å². The van der Waals surface area contributed by atoms with E-state index in [1.165, 1.54) is 77.0 Å². The first-order valence-corrected chi connectivity index (χ1v) is 15.8. The molecule has 202 valence electrons. The number of rotatable bonds is 22. The Labute approximate surface area is 219 Å². The van der Waals surface area contributed by atoms with Crippen molar-refractivity contribution in [3.8, 4) is 0 Å². The molecule has 0 radical (unpaired) electrons. The molecule has 2 aliphatic heterocycles. The Bertz CT molecular complexity index is 600. The van der Waals surface area contributed by atoms with Crippen LogP contribution in [0.25, 0.3) is 0 Å². The SMILES string of the molecule is CCCCCCCCCCCCCCCCC(C=O)NC(=O)CCCC[C@@H]1SC[C@@H]2CC(=O)N[C@@H]21. The van der Waals surface area contributed by atoms with Crippen LogP contribution in [0.2, 0.25) is 0 Å². The molecule has 6 heteroatoms. The van der Waals surface area contributed by atoms with Crippen molar-refractivity contribution in [2.24, 2.45) is 5.92 Å². The third-order valence-electron chi connectivity index (χ3n) is 7.73. The van der Waals surface area contributed by atoms with Crippen molar-refractivity contribution in [1.82, 2.24) is 10.6 Å². The van der Waals surface area contributed by atoms with Crippen LogP contribution in [-0.2, 0) is 14.4 Å². The lowest BCUT2D eigenvalue weighted by Gasteiger charge is -2.17. The van der Waals surface area contributed by atoms with Gasteiger partial charge < -0.3 is 15.4 Å². The highest BCUT2D eigenvalue weighted by molar-refractivity contribution is 8.00. The molecule has 2 heterocycles. The van der Waals surface area contributed by atoms with E-state index >= 15 is 0 Å². The number of unbranched alkanes of at least 4 members (excludes halogenated alkanes) is 14. The number of amides is 2. The molecule has 0 spiro atoms. The summed E-state index contributed by atoms with van der Waals surface area (Å²) < 4.78 is 0. The zero-order chi connectivity index (χ0) is 25.1. The van der Waals surface area contributed by atoms with Gasteiger partial charge in [-0.3, -0.25) is 9.59 Å². The fourth-order valence-corrected chi connectivity index (χ4v) is 7.19. The summed E-state index contributed by atoms with van der Waals surface area (Å²) in [5, 5.41) is 6.54. The Kier molecular flexibility index (Phi) is 16.5. The fourth-order valence-electron chi connectivity index (χ4n) is 5.54. The van der Waals surface area contributed by atoms with Crippen molar-refractivity contribution in [3.63, 3.8) is 0 Å². The van der Waals surface area contributed by atoms with Crippen LogP contribution in [0.1, 0.15) is 135 Å². The molecule has 5 nitrogen and oxygen atoms in total. The molecule has 2 amide bonds. The van der Waals surface area contributed by atoms with Crippen molar-refractivity contribution < 1.29 is 14.4 Å². The minimum atomic E-state index is -0.334. The van der Waals surface area contributed by atoms with Gasteiger partial charge >= 0.3 is 0 Å². The standard InChI is InChI=1S/C29H52N2O3S/c1-2-3-4-5-6-7-8-9-10-11-12-13-14-15-18-25(22-32)30-27(33)20-17-16-19-26-29-24(23-35-26)21-28(34)31-29/h22,24-26,29H,2-21,23H2,1H3,(H,30,33)(H,31,34)/t24-,25?,26-,29-/m0/s1. The second kappa shape index (κ2) is 19.1. The second-order valence-electron chi connectivity index (χ2n) is 10.9. The maximum absolute atomic E-state index is 12.2. The highest BCUT2D eigenvalue weighted by Gasteiger charge is 2.42. The zero-order valence-corrected chi connectivity index (χ0v) is 23.2. The van der Waals surface area contributed by atoms with E-state index in [0.717, 1.165) is 50.6 Å². The quantitative estimate of drug-likeness (QED) is 0.126. The van der Waals surface area contributed by atoms with Crippen molar-refractivity contribution in [3.05, 3.63) is 0 Å². The lowest BCUT2D eigenvalue weighted by molar-refractivity contribution is -0.124. The Balaban J connectivity index is 1.37. The molecule has 35 heavy (non-hydrogen) atoms. The van der Waals surface area contributed by atoms with Crippen molar-refractivity contribution in [2.45, 2.75) is 153 Å². The monoisotopic (exact) mass is 508 g/mol. The van der Waals surface area contributed by atoms with Crippen LogP contribution in [-0.4, -0.2) is 41.2 Å². The predicted molar refractivity (Wildman–Crippen MR) is 148 cm³/mol. The third kappa shape index (κ3) is 13.2. The third-order valence-corrected chi connectivity index (χ3v) is 9.31. The molecule has 0 saturated carbocycles. The normalized spacial score (nSPS) is 22.1. The number of nitrogens with one attached hydrogen (secondary N) is 2. The highest BCUT2D eigenvalue weighted by atomic mass is 32.2. The van der Waals surface area contributed by atoms with Crippen molar-refractivity contribution >= 4 is 29.9 Å². The molecule has 1 unspecified atom stereocenters. The Morgan fingerprint density at radius 1 is 0.943 bits per heavy atom. The summed E-state index contributed by atoms with van der Waals surface area (Å²) in [6.45, 7) is 2.27. The van der Waals surface area contributed by atoms with E-state index in [9.17, 15) is 14.4 Å². The van der Waals surface area contributed by atoms with E-state index in [2.05, 4.69) is 17.6 Å². The maximum Gasteiger partial charge on any atom is 0.220 e. The Hall–Kier alpha value is -1.04. The van der Waals surface area contributed by atoms with E-state index in [1.807, 2.05) is 11.8 Å². The first-order chi connectivity index (χ1) is 17.1. The van der Waals surface area contributed by atoms with Gasteiger partial charge in [0, 0.05) is 24.1 Å². The van der Waals surface area contributed by atoms with Gasteiger partial charge in [0.2, 0.25) is 11.8 Å². The number of thioether (sulfide) groups is 1. The van der Waals surface area contributed by atoms with E-state index in [1.54, 1.807) is 0 Å². The average Bonchev–Trinajstić information content (AvgIpc) is 3.40. The molecule has 4 atom stereocenters. The van der Waals surface area contributed by atoms with Gasteiger partial charge in [0.15, 0.2) is 0 Å².